The highest BCUT2D eigenvalue weighted by Crippen LogP contribution is 2.15. The topological polar surface area (TPSA) is 26.3 Å². The Morgan fingerprint density at radius 1 is 1.39 bits per heavy atom. The van der Waals surface area contributed by atoms with Crippen molar-refractivity contribution in [3.8, 4) is 5.75 Å². The first-order valence-corrected chi connectivity index (χ1v) is 6.04. The van der Waals surface area contributed by atoms with Gasteiger partial charge in [0.25, 0.3) is 0 Å². The molecule has 0 unspecified atom stereocenters. The van der Waals surface area contributed by atoms with E-state index in [2.05, 4.69) is 0 Å². The molecule has 1 aromatic carbocycles. The zero-order valence-corrected chi connectivity index (χ0v) is 10.1. The van der Waals surface area contributed by atoms with Crippen LogP contribution in [0.3, 0.4) is 0 Å². The summed E-state index contributed by atoms with van der Waals surface area (Å²) in [5, 5.41) is 0. The minimum atomic E-state index is -0.294. The van der Waals surface area contributed by atoms with Gasteiger partial charge in [0.2, 0.25) is 0 Å². The summed E-state index contributed by atoms with van der Waals surface area (Å²) in [6.07, 6.45) is 7.79. The van der Waals surface area contributed by atoms with Gasteiger partial charge in [-0.15, -0.1) is 0 Å². The molecule has 0 heterocycles. The Labute approximate surface area is 106 Å². The summed E-state index contributed by atoms with van der Waals surface area (Å²) in [4.78, 5) is 11.3. The number of hydrogen-bond donors (Lipinski definition) is 0. The van der Waals surface area contributed by atoms with Crippen molar-refractivity contribution >= 4 is 5.78 Å². The van der Waals surface area contributed by atoms with Crippen LogP contribution in [0.15, 0.2) is 48.1 Å². The van der Waals surface area contributed by atoms with Gasteiger partial charge in [0.1, 0.15) is 11.6 Å². The minimum Gasteiger partial charge on any atom is -0.493 e. The van der Waals surface area contributed by atoms with E-state index < -0.39 is 0 Å². The fraction of sp³-hybridized carbons (Fsp3) is 0.267. The number of allylic oxidation sites excluding steroid dienone is 4. The first kappa shape index (κ1) is 12.6. The second kappa shape index (κ2) is 6.15. The summed E-state index contributed by atoms with van der Waals surface area (Å²) in [7, 11) is 0. The monoisotopic (exact) mass is 246 g/mol. The van der Waals surface area contributed by atoms with Crippen molar-refractivity contribution in [3.63, 3.8) is 0 Å². The van der Waals surface area contributed by atoms with E-state index in [1.807, 2.05) is 12.2 Å². The highest BCUT2D eigenvalue weighted by molar-refractivity contribution is 6.06. The molecule has 0 atom stereocenters. The lowest BCUT2D eigenvalue weighted by atomic mass is 10.1. The van der Waals surface area contributed by atoms with Crippen LogP contribution in [0.2, 0.25) is 0 Å². The zero-order chi connectivity index (χ0) is 12.8. The molecule has 0 saturated carbocycles. The van der Waals surface area contributed by atoms with Crippen LogP contribution in [0, 0.1) is 5.82 Å². The van der Waals surface area contributed by atoms with Crippen LogP contribution in [0.4, 0.5) is 4.39 Å². The second-order valence-corrected chi connectivity index (χ2v) is 4.15. The summed E-state index contributed by atoms with van der Waals surface area (Å²) in [5.41, 5.74) is 0.862. The first-order chi connectivity index (χ1) is 8.75. The van der Waals surface area contributed by atoms with Crippen molar-refractivity contribution in [2.45, 2.75) is 19.3 Å². The average Bonchev–Trinajstić information content (AvgIpc) is 2.75. The predicted octanol–water partition coefficient (Wildman–Crippen LogP) is 3.44. The molecule has 0 saturated heterocycles. The average molecular weight is 246 g/mol. The molecule has 0 radical (unpaired) electrons. The second-order valence-electron chi connectivity index (χ2n) is 4.15. The smallest absolute Gasteiger partial charge is 0.181 e. The van der Waals surface area contributed by atoms with Crippen LogP contribution in [0.5, 0.6) is 5.75 Å². The Hall–Kier alpha value is -1.90. The Kier molecular flexibility index (Phi) is 4.29. The molecule has 0 aliphatic heterocycles. The first-order valence-electron chi connectivity index (χ1n) is 6.04. The fourth-order valence-corrected chi connectivity index (χ4v) is 1.79. The van der Waals surface area contributed by atoms with Crippen molar-refractivity contribution < 1.29 is 13.9 Å². The number of rotatable bonds is 5. The molecule has 2 nitrogen and oxygen atoms in total. The Balaban J connectivity index is 1.69. The van der Waals surface area contributed by atoms with Gasteiger partial charge in [0, 0.05) is 6.07 Å². The number of carbonyl (C=O) groups is 1. The fourth-order valence-electron chi connectivity index (χ4n) is 1.79. The third-order valence-electron chi connectivity index (χ3n) is 2.73. The largest absolute Gasteiger partial charge is 0.493 e. The van der Waals surface area contributed by atoms with E-state index in [9.17, 15) is 9.18 Å². The van der Waals surface area contributed by atoms with Crippen molar-refractivity contribution in [1.82, 2.24) is 0 Å². The van der Waals surface area contributed by atoms with Crippen molar-refractivity contribution in [3.05, 3.63) is 53.9 Å². The Bertz CT molecular complexity index is 489. The number of ether oxygens (including phenoxy) is 1. The molecule has 2 rings (SSSR count). The van der Waals surface area contributed by atoms with Gasteiger partial charge in [-0.05, 0) is 43.0 Å². The van der Waals surface area contributed by atoms with Gasteiger partial charge in [-0.3, -0.25) is 4.79 Å². The predicted molar refractivity (Wildman–Crippen MR) is 68.0 cm³/mol. The van der Waals surface area contributed by atoms with Crippen LogP contribution in [-0.2, 0) is 4.79 Å². The van der Waals surface area contributed by atoms with Crippen LogP contribution in [-0.4, -0.2) is 12.4 Å². The van der Waals surface area contributed by atoms with E-state index in [1.165, 1.54) is 12.1 Å². The molecule has 0 bridgehead atoms. The van der Waals surface area contributed by atoms with Gasteiger partial charge in [0.15, 0.2) is 5.78 Å². The zero-order valence-electron chi connectivity index (χ0n) is 10.1. The highest BCUT2D eigenvalue weighted by Gasteiger charge is 2.09. The number of hydrogen-bond acceptors (Lipinski definition) is 2. The third kappa shape index (κ3) is 3.55. The number of unbranched alkanes of at least 4 members (excludes halogenated alkanes) is 1. The lowest BCUT2D eigenvalue weighted by Crippen LogP contribution is -1.97. The van der Waals surface area contributed by atoms with Crippen molar-refractivity contribution in [2.75, 3.05) is 6.61 Å². The van der Waals surface area contributed by atoms with E-state index in [0.717, 1.165) is 24.8 Å². The van der Waals surface area contributed by atoms with Crippen LogP contribution in [0.25, 0.3) is 0 Å². The van der Waals surface area contributed by atoms with Gasteiger partial charge < -0.3 is 4.74 Å². The molecule has 1 aliphatic rings. The molecule has 1 aliphatic carbocycles. The molecule has 0 N–H and O–H groups in total. The minimum absolute atomic E-state index is 0.112. The van der Waals surface area contributed by atoms with Gasteiger partial charge in [-0.1, -0.05) is 18.2 Å². The molecule has 0 amide bonds. The number of carbonyl (C=O) groups excluding carboxylic acids is 1. The van der Waals surface area contributed by atoms with Crippen LogP contribution < -0.4 is 4.74 Å². The quantitative estimate of drug-likeness (QED) is 0.587. The van der Waals surface area contributed by atoms with Gasteiger partial charge >= 0.3 is 0 Å². The summed E-state index contributed by atoms with van der Waals surface area (Å²) in [5.74, 6) is 0.361. The van der Waals surface area contributed by atoms with Gasteiger partial charge in [-0.25, -0.2) is 4.39 Å². The maximum atomic E-state index is 12.9. The standard InChI is InChI=1S/C15H15FO2/c16-13-7-4-8-14(11-13)18-10-2-1-5-12-6-3-9-15(12)17/h3-5,7-9,11H,1-2,6,10H2/b12-5+. The molecule has 94 valence electrons. The number of ketones is 1. The number of halogens is 1. The van der Waals surface area contributed by atoms with E-state index in [4.69, 9.17) is 4.74 Å². The van der Waals surface area contributed by atoms with Crippen LogP contribution >= 0.6 is 0 Å². The van der Waals surface area contributed by atoms with Gasteiger partial charge in [-0.2, -0.15) is 0 Å². The van der Waals surface area contributed by atoms with Gasteiger partial charge in [0.05, 0.1) is 6.61 Å². The van der Waals surface area contributed by atoms with E-state index in [-0.39, 0.29) is 11.6 Å². The molecule has 0 aromatic heterocycles. The van der Waals surface area contributed by atoms with Crippen LogP contribution in [0.1, 0.15) is 19.3 Å². The maximum Gasteiger partial charge on any atom is 0.181 e. The SMILES string of the molecule is O=C1C=CC/C1=C\CCCOc1cccc(F)c1. The lowest BCUT2D eigenvalue weighted by Gasteiger charge is -2.04. The molecule has 0 spiro atoms. The lowest BCUT2D eigenvalue weighted by molar-refractivity contribution is -0.111. The van der Waals surface area contributed by atoms with E-state index >= 15 is 0 Å². The summed E-state index contributed by atoms with van der Waals surface area (Å²) in [6, 6.07) is 6.10. The number of benzene rings is 1. The molecule has 18 heavy (non-hydrogen) atoms. The summed E-state index contributed by atoms with van der Waals surface area (Å²) >= 11 is 0. The molecule has 0 fully saturated rings. The summed E-state index contributed by atoms with van der Waals surface area (Å²) in [6.45, 7) is 0.523. The Morgan fingerprint density at radius 3 is 3.00 bits per heavy atom. The van der Waals surface area contributed by atoms with E-state index in [0.29, 0.717) is 12.4 Å². The van der Waals surface area contributed by atoms with E-state index in [1.54, 1.807) is 18.2 Å². The summed E-state index contributed by atoms with van der Waals surface area (Å²) < 4.78 is 18.3. The maximum absolute atomic E-state index is 12.9. The molecule has 3 heteroatoms. The normalized spacial score (nSPS) is 16.5. The molecular formula is C15H15FO2. The third-order valence-corrected chi connectivity index (χ3v) is 2.73. The van der Waals surface area contributed by atoms with Crippen molar-refractivity contribution in [1.29, 1.82) is 0 Å². The Morgan fingerprint density at radius 2 is 2.28 bits per heavy atom. The highest BCUT2D eigenvalue weighted by atomic mass is 19.1. The molecule has 1 aromatic rings. The molecular weight excluding hydrogens is 231 g/mol. The van der Waals surface area contributed by atoms with Crippen molar-refractivity contribution in [2.24, 2.45) is 0 Å².